The molecule has 1 aromatic rings. The molecule has 0 radical (unpaired) electrons. The van der Waals surface area contributed by atoms with Gasteiger partial charge in [0.15, 0.2) is 0 Å². The normalized spacial score (nSPS) is 17.1. The highest BCUT2D eigenvalue weighted by molar-refractivity contribution is 5.75. The quantitative estimate of drug-likeness (QED) is 0.803. The molecule has 2 heterocycles. The first-order chi connectivity index (χ1) is 9.67. The Morgan fingerprint density at radius 2 is 2.20 bits per heavy atom. The molecule has 1 saturated heterocycles. The van der Waals surface area contributed by atoms with Crippen molar-refractivity contribution in [1.29, 1.82) is 0 Å². The smallest absolute Gasteiger partial charge is 0.231 e. The maximum absolute atomic E-state index is 10.9. The first kappa shape index (κ1) is 14.7. The third kappa shape index (κ3) is 4.45. The molecular formula is C14H23N5O. The second kappa shape index (κ2) is 7.19. The van der Waals surface area contributed by atoms with Gasteiger partial charge in [-0.25, -0.2) is 9.97 Å². The number of primary amides is 1. The number of piperidine rings is 1. The second-order valence-electron chi connectivity index (χ2n) is 5.31. The second-order valence-corrected chi connectivity index (χ2v) is 5.31. The standard InChI is InChI=1S/C14H23N5O/c1-2-3-12-8-14(17-10-16-12)18-11-4-6-19(7-5-11)9-13(15)20/h8,10-11H,2-7,9H2,1H3,(H2,15,20)(H,16,17,18). The van der Waals surface area contributed by atoms with Crippen molar-refractivity contribution in [3.05, 3.63) is 18.1 Å². The van der Waals surface area contributed by atoms with E-state index in [1.165, 1.54) is 0 Å². The van der Waals surface area contributed by atoms with E-state index < -0.39 is 0 Å². The molecule has 0 unspecified atom stereocenters. The van der Waals surface area contributed by atoms with E-state index >= 15 is 0 Å². The summed E-state index contributed by atoms with van der Waals surface area (Å²) in [5, 5.41) is 3.46. The number of aromatic nitrogens is 2. The monoisotopic (exact) mass is 277 g/mol. The van der Waals surface area contributed by atoms with Gasteiger partial charge in [0.2, 0.25) is 5.91 Å². The van der Waals surface area contributed by atoms with E-state index in [0.717, 1.165) is 50.3 Å². The van der Waals surface area contributed by atoms with Gasteiger partial charge >= 0.3 is 0 Å². The van der Waals surface area contributed by atoms with Crippen LogP contribution in [0.4, 0.5) is 5.82 Å². The van der Waals surface area contributed by atoms with Gasteiger partial charge in [0.05, 0.1) is 6.54 Å². The van der Waals surface area contributed by atoms with Crippen LogP contribution in [0.1, 0.15) is 31.9 Å². The number of hydrogen-bond acceptors (Lipinski definition) is 5. The Morgan fingerprint density at radius 1 is 1.45 bits per heavy atom. The third-order valence-electron chi connectivity index (χ3n) is 3.55. The van der Waals surface area contributed by atoms with Crippen LogP contribution in [0.3, 0.4) is 0 Å². The Kier molecular flexibility index (Phi) is 5.29. The van der Waals surface area contributed by atoms with Crippen molar-refractivity contribution in [2.24, 2.45) is 5.73 Å². The zero-order valence-corrected chi connectivity index (χ0v) is 12.0. The number of carbonyl (C=O) groups is 1. The summed E-state index contributed by atoms with van der Waals surface area (Å²) in [7, 11) is 0. The van der Waals surface area contributed by atoms with Crippen LogP contribution in [-0.2, 0) is 11.2 Å². The average Bonchev–Trinajstić information content (AvgIpc) is 2.41. The SMILES string of the molecule is CCCc1cc(NC2CCN(CC(N)=O)CC2)ncn1. The van der Waals surface area contributed by atoms with Crippen LogP contribution in [-0.4, -0.2) is 46.5 Å². The summed E-state index contributed by atoms with van der Waals surface area (Å²) in [4.78, 5) is 21.5. The molecule has 6 heteroatoms. The van der Waals surface area contributed by atoms with Gasteiger partial charge in [0.25, 0.3) is 0 Å². The van der Waals surface area contributed by atoms with E-state index in [-0.39, 0.29) is 5.91 Å². The van der Waals surface area contributed by atoms with E-state index in [1.807, 2.05) is 6.07 Å². The maximum atomic E-state index is 10.9. The van der Waals surface area contributed by atoms with Crippen LogP contribution in [0.2, 0.25) is 0 Å². The number of aryl methyl sites for hydroxylation is 1. The minimum absolute atomic E-state index is 0.253. The number of nitrogens with two attached hydrogens (primary N) is 1. The van der Waals surface area contributed by atoms with Crippen LogP contribution in [0.15, 0.2) is 12.4 Å². The molecule has 3 N–H and O–H groups in total. The molecule has 0 saturated carbocycles. The Balaban J connectivity index is 1.83. The largest absolute Gasteiger partial charge is 0.369 e. The molecule has 0 aliphatic carbocycles. The van der Waals surface area contributed by atoms with Crippen molar-refractivity contribution in [2.45, 2.75) is 38.6 Å². The van der Waals surface area contributed by atoms with Crippen LogP contribution in [0, 0.1) is 0 Å². The molecule has 6 nitrogen and oxygen atoms in total. The number of nitrogens with zero attached hydrogens (tertiary/aromatic N) is 3. The number of nitrogens with one attached hydrogen (secondary N) is 1. The summed E-state index contributed by atoms with van der Waals surface area (Å²) in [5.74, 6) is 0.646. The van der Waals surface area contributed by atoms with Crippen LogP contribution in [0.5, 0.6) is 0 Å². The molecule has 1 aliphatic rings. The third-order valence-corrected chi connectivity index (χ3v) is 3.55. The molecule has 20 heavy (non-hydrogen) atoms. The van der Waals surface area contributed by atoms with Crippen LogP contribution in [0.25, 0.3) is 0 Å². The Hall–Kier alpha value is -1.69. The number of likely N-dealkylation sites (tertiary alicyclic amines) is 1. The van der Waals surface area contributed by atoms with Gasteiger partial charge < -0.3 is 11.1 Å². The number of anilines is 1. The Bertz CT molecular complexity index is 443. The molecular weight excluding hydrogens is 254 g/mol. The Labute approximate surface area is 119 Å². The minimum atomic E-state index is -0.253. The van der Waals surface area contributed by atoms with Gasteiger partial charge in [-0.15, -0.1) is 0 Å². The lowest BCUT2D eigenvalue weighted by Crippen LogP contribution is -2.43. The van der Waals surface area contributed by atoms with Crippen molar-refractivity contribution in [3.63, 3.8) is 0 Å². The fourth-order valence-electron chi connectivity index (χ4n) is 2.53. The van der Waals surface area contributed by atoms with Crippen LogP contribution >= 0.6 is 0 Å². The molecule has 1 amide bonds. The fraction of sp³-hybridized carbons (Fsp3) is 0.643. The predicted octanol–water partition coefficient (Wildman–Crippen LogP) is 0.791. The highest BCUT2D eigenvalue weighted by atomic mass is 16.1. The molecule has 1 aromatic heterocycles. The highest BCUT2D eigenvalue weighted by Gasteiger charge is 2.20. The molecule has 1 aliphatic heterocycles. The summed E-state index contributed by atoms with van der Waals surface area (Å²) in [6, 6.07) is 2.43. The van der Waals surface area contributed by atoms with Crippen molar-refractivity contribution in [3.8, 4) is 0 Å². The van der Waals surface area contributed by atoms with Gasteiger partial charge in [-0.05, 0) is 19.3 Å². The predicted molar refractivity (Wildman–Crippen MR) is 78.3 cm³/mol. The van der Waals surface area contributed by atoms with Crippen molar-refractivity contribution >= 4 is 11.7 Å². The van der Waals surface area contributed by atoms with Gasteiger partial charge in [0, 0.05) is 30.9 Å². The molecule has 2 rings (SSSR count). The number of rotatable bonds is 6. The first-order valence-electron chi connectivity index (χ1n) is 7.25. The van der Waals surface area contributed by atoms with E-state index in [9.17, 15) is 4.79 Å². The van der Waals surface area contributed by atoms with E-state index in [4.69, 9.17) is 5.73 Å². The maximum Gasteiger partial charge on any atom is 0.231 e. The fourth-order valence-corrected chi connectivity index (χ4v) is 2.53. The van der Waals surface area contributed by atoms with E-state index in [0.29, 0.717) is 12.6 Å². The molecule has 0 spiro atoms. The van der Waals surface area contributed by atoms with Gasteiger partial charge in [-0.2, -0.15) is 0 Å². The lowest BCUT2D eigenvalue weighted by Gasteiger charge is -2.31. The van der Waals surface area contributed by atoms with E-state index in [2.05, 4.69) is 27.1 Å². The number of hydrogen-bond donors (Lipinski definition) is 2. The highest BCUT2D eigenvalue weighted by Crippen LogP contribution is 2.15. The minimum Gasteiger partial charge on any atom is -0.369 e. The van der Waals surface area contributed by atoms with Gasteiger partial charge in [0.1, 0.15) is 12.1 Å². The summed E-state index contributed by atoms with van der Waals surface area (Å²) in [6.45, 7) is 4.30. The molecule has 1 fully saturated rings. The van der Waals surface area contributed by atoms with Crippen molar-refractivity contribution in [2.75, 3.05) is 25.0 Å². The molecule has 0 bridgehead atoms. The lowest BCUT2D eigenvalue weighted by atomic mass is 10.1. The zero-order valence-electron chi connectivity index (χ0n) is 12.0. The molecule has 110 valence electrons. The van der Waals surface area contributed by atoms with Crippen LogP contribution < -0.4 is 11.1 Å². The van der Waals surface area contributed by atoms with Crippen molar-refractivity contribution in [1.82, 2.24) is 14.9 Å². The lowest BCUT2D eigenvalue weighted by molar-refractivity contribution is -0.119. The summed E-state index contributed by atoms with van der Waals surface area (Å²) >= 11 is 0. The summed E-state index contributed by atoms with van der Waals surface area (Å²) in [6.07, 6.45) is 5.69. The molecule has 0 aromatic carbocycles. The summed E-state index contributed by atoms with van der Waals surface area (Å²) in [5.41, 5.74) is 6.29. The Morgan fingerprint density at radius 3 is 2.85 bits per heavy atom. The number of amides is 1. The van der Waals surface area contributed by atoms with E-state index in [1.54, 1.807) is 6.33 Å². The molecule has 0 atom stereocenters. The van der Waals surface area contributed by atoms with Crippen molar-refractivity contribution < 1.29 is 4.79 Å². The first-order valence-corrected chi connectivity index (χ1v) is 7.25. The van der Waals surface area contributed by atoms with Gasteiger partial charge in [-0.3, -0.25) is 9.69 Å². The van der Waals surface area contributed by atoms with Gasteiger partial charge in [-0.1, -0.05) is 13.3 Å². The average molecular weight is 277 g/mol. The topological polar surface area (TPSA) is 84.1 Å². The zero-order chi connectivity index (χ0) is 14.4. The summed E-state index contributed by atoms with van der Waals surface area (Å²) < 4.78 is 0. The number of carbonyl (C=O) groups excluding carboxylic acids is 1.